The van der Waals surface area contributed by atoms with E-state index in [4.69, 9.17) is 0 Å². The zero-order valence-electron chi connectivity index (χ0n) is 16.0. The molecule has 3 amide bonds. The highest BCUT2D eigenvalue weighted by molar-refractivity contribution is 6.17. The molecule has 5 heteroatoms. The number of para-hydroxylation sites is 1. The molecule has 2 unspecified atom stereocenters. The van der Waals surface area contributed by atoms with Gasteiger partial charge < -0.3 is 4.90 Å². The van der Waals surface area contributed by atoms with Crippen molar-refractivity contribution >= 4 is 23.4 Å². The second-order valence-corrected chi connectivity index (χ2v) is 7.67. The third-order valence-electron chi connectivity index (χ3n) is 5.81. The molecule has 2 aromatic carbocycles. The molecule has 0 N–H and O–H groups in total. The van der Waals surface area contributed by atoms with Crippen LogP contribution in [0.3, 0.4) is 0 Å². The average molecular weight is 376 g/mol. The van der Waals surface area contributed by atoms with Crippen molar-refractivity contribution in [1.29, 1.82) is 0 Å². The van der Waals surface area contributed by atoms with Crippen molar-refractivity contribution in [1.82, 2.24) is 4.90 Å². The van der Waals surface area contributed by atoms with Gasteiger partial charge in [-0.05, 0) is 31.9 Å². The second kappa shape index (κ2) is 7.58. The number of ketones is 1. The fraction of sp³-hybridized carbons (Fsp3) is 0.348. The van der Waals surface area contributed by atoms with Crippen molar-refractivity contribution in [3.05, 3.63) is 65.7 Å². The molecule has 0 spiro atoms. The first-order valence-electron chi connectivity index (χ1n) is 9.86. The van der Waals surface area contributed by atoms with Gasteiger partial charge in [-0.2, -0.15) is 0 Å². The first-order chi connectivity index (χ1) is 13.6. The van der Waals surface area contributed by atoms with E-state index in [-0.39, 0.29) is 36.2 Å². The highest BCUT2D eigenvalue weighted by Gasteiger charge is 2.47. The molecule has 4 rings (SSSR count). The molecule has 5 nitrogen and oxygen atoms in total. The van der Waals surface area contributed by atoms with Crippen LogP contribution in [0.5, 0.6) is 0 Å². The Kier molecular flexibility index (Phi) is 4.99. The summed E-state index contributed by atoms with van der Waals surface area (Å²) < 4.78 is 0. The summed E-state index contributed by atoms with van der Waals surface area (Å²) >= 11 is 0. The molecular formula is C23H24N2O3. The zero-order chi connectivity index (χ0) is 19.7. The number of amides is 3. The predicted octanol–water partition coefficient (Wildman–Crippen LogP) is 4.21. The van der Waals surface area contributed by atoms with Crippen molar-refractivity contribution in [2.75, 3.05) is 11.4 Å². The van der Waals surface area contributed by atoms with E-state index in [1.54, 1.807) is 29.2 Å². The molecule has 1 saturated heterocycles. The fourth-order valence-corrected chi connectivity index (χ4v) is 4.29. The number of carbonyl (C=O) groups excluding carboxylic acids is 3. The molecule has 2 atom stereocenters. The summed E-state index contributed by atoms with van der Waals surface area (Å²) in [5, 5.41) is 0. The van der Waals surface area contributed by atoms with E-state index in [0.29, 0.717) is 11.3 Å². The van der Waals surface area contributed by atoms with Gasteiger partial charge in [0.25, 0.3) is 0 Å². The van der Waals surface area contributed by atoms with Crippen molar-refractivity contribution in [3.8, 4) is 0 Å². The monoisotopic (exact) mass is 376 g/mol. The van der Waals surface area contributed by atoms with Crippen molar-refractivity contribution < 1.29 is 14.4 Å². The summed E-state index contributed by atoms with van der Waals surface area (Å²) in [6.45, 7) is 1.97. The maximum Gasteiger partial charge on any atom is 0.332 e. The molecule has 1 aliphatic carbocycles. The van der Waals surface area contributed by atoms with Crippen LogP contribution in [0.4, 0.5) is 10.5 Å². The molecule has 1 saturated carbocycles. The van der Waals surface area contributed by atoms with E-state index < -0.39 is 0 Å². The summed E-state index contributed by atoms with van der Waals surface area (Å²) in [6.07, 6.45) is 3.48. The molecule has 0 aromatic heterocycles. The van der Waals surface area contributed by atoms with Gasteiger partial charge in [-0.3, -0.25) is 9.59 Å². The van der Waals surface area contributed by atoms with Crippen LogP contribution in [0.2, 0.25) is 0 Å². The summed E-state index contributed by atoms with van der Waals surface area (Å²) in [5.41, 5.74) is 2.24. The van der Waals surface area contributed by atoms with E-state index in [9.17, 15) is 14.4 Å². The standard InChI is InChI=1S/C23H24N2O3/c1-16-11-13-17(14-12-16)21(26)15-24-20-10-6-5-9-19(20)22(27)25(23(24)28)18-7-3-2-4-8-18/h2-4,7-8,11-14,19-20H,5-6,9-10,15H2,1H3. The number of urea groups is 1. The maximum atomic E-state index is 13.3. The number of carbonyl (C=O) groups is 3. The highest BCUT2D eigenvalue weighted by atomic mass is 16.2. The Morgan fingerprint density at radius 1 is 0.964 bits per heavy atom. The van der Waals surface area contributed by atoms with Crippen LogP contribution in [0.1, 0.15) is 41.6 Å². The molecule has 0 bridgehead atoms. The second-order valence-electron chi connectivity index (χ2n) is 7.67. The lowest BCUT2D eigenvalue weighted by Gasteiger charge is -2.46. The molecule has 144 valence electrons. The Bertz CT molecular complexity index is 892. The first kappa shape index (κ1) is 18.4. The van der Waals surface area contributed by atoms with E-state index in [1.165, 1.54) is 4.90 Å². The molecule has 1 heterocycles. The predicted molar refractivity (Wildman–Crippen MR) is 107 cm³/mol. The topological polar surface area (TPSA) is 57.7 Å². The summed E-state index contributed by atoms with van der Waals surface area (Å²) in [7, 11) is 0. The summed E-state index contributed by atoms with van der Waals surface area (Å²) in [6, 6.07) is 15.8. The van der Waals surface area contributed by atoms with Crippen LogP contribution >= 0.6 is 0 Å². The number of fused-ring (bicyclic) bond motifs is 1. The normalized spacial score (nSPS) is 22.2. The smallest absolute Gasteiger partial charge is 0.312 e. The zero-order valence-corrected chi connectivity index (χ0v) is 16.0. The summed E-state index contributed by atoms with van der Waals surface area (Å²) in [4.78, 5) is 42.1. The first-order valence-corrected chi connectivity index (χ1v) is 9.86. The largest absolute Gasteiger partial charge is 0.332 e. The number of nitrogens with zero attached hydrogens (tertiary/aromatic N) is 2. The van der Waals surface area contributed by atoms with Gasteiger partial charge in [0.2, 0.25) is 5.91 Å². The van der Waals surface area contributed by atoms with Crippen LogP contribution in [0, 0.1) is 12.8 Å². The van der Waals surface area contributed by atoms with Crippen LogP contribution in [0.25, 0.3) is 0 Å². The van der Waals surface area contributed by atoms with Crippen LogP contribution < -0.4 is 4.90 Å². The molecule has 2 aromatic rings. The lowest BCUT2D eigenvalue weighted by Crippen LogP contribution is -2.63. The average Bonchev–Trinajstić information content (AvgIpc) is 2.72. The minimum Gasteiger partial charge on any atom is -0.312 e. The number of rotatable bonds is 4. The number of hydrogen-bond acceptors (Lipinski definition) is 3. The number of imide groups is 1. The van der Waals surface area contributed by atoms with Gasteiger partial charge in [-0.1, -0.05) is 60.9 Å². The number of benzene rings is 2. The number of Topliss-reactive ketones (excluding diaryl/α,β-unsaturated/α-hetero) is 1. The molecular weight excluding hydrogens is 352 g/mol. The van der Waals surface area contributed by atoms with E-state index >= 15 is 0 Å². The molecule has 28 heavy (non-hydrogen) atoms. The number of aryl methyl sites for hydroxylation is 1. The van der Waals surface area contributed by atoms with Gasteiger partial charge in [0, 0.05) is 11.6 Å². The third-order valence-corrected chi connectivity index (χ3v) is 5.81. The van der Waals surface area contributed by atoms with E-state index in [2.05, 4.69) is 0 Å². The minimum absolute atomic E-state index is 0.000323. The molecule has 0 radical (unpaired) electrons. The Morgan fingerprint density at radius 3 is 2.36 bits per heavy atom. The van der Waals surface area contributed by atoms with Gasteiger partial charge in [-0.25, -0.2) is 9.69 Å². The van der Waals surface area contributed by atoms with E-state index in [1.807, 2.05) is 37.3 Å². The van der Waals surface area contributed by atoms with Gasteiger partial charge in [-0.15, -0.1) is 0 Å². The van der Waals surface area contributed by atoms with Gasteiger partial charge in [0.05, 0.1) is 18.2 Å². The maximum absolute atomic E-state index is 13.3. The van der Waals surface area contributed by atoms with Gasteiger partial charge in [0.1, 0.15) is 0 Å². The Balaban J connectivity index is 1.65. The quantitative estimate of drug-likeness (QED) is 0.751. The lowest BCUT2D eigenvalue weighted by molar-refractivity contribution is -0.126. The number of anilines is 1. The van der Waals surface area contributed by atoms with E-state index in [0.717, 1.165) is 31.2 Å². The van der Waals surface area contributed by atoms with Gasteiger partial charge in [0.15, 0.2) is 5.78 Å². The molecule has 1 aliphatic heterocycles. The van der Waals surface area contributed by atoms with Crippen LogP contribution in [0.15, 0.2) is 54.6 Å². The van der Waals surface area contributed by atoms with Crippen molar-refractivity contribution in [3.63, 3.8) is 0 Å². The van der Waals surface area contributed by atoms with Gasteiger partial charge >= 0.3 is 6.03 Å². The van der Waals surface area contributed by atoms with Crippen LogP contribution in [-0.4, -0.2) is 35.2 Å². The Labute approximate surface area is 164 Å². The highest BCUT2D eigenvalue weighted by Crippen LogP contribution is 2.36. The SMILES string of the molecule is Cc1ccc(C(=O)CN2C(=O)N(c3ccccc3)C(=O)C3CCCCC32)cc1. The summed E-state index contributed by atoms with van der Waals surface area (Å²) in [5.74, 6) is -0.475. The molecule has 2 aliphatic rings. The lowest BCUT2D eigenvalue weighted by atomic mass is 9.81. The third kappa shape index (κ3) is 3.33. The van der Waals surface area contributed by atoms with Crippen LogP contribution in [-0.2, 0) is 4.79 Å². The van der Waals surface area contributed by atoms with Crippen molar-refractivity contribution in [2.24, 2.45) is 5.92 Å². The van der Waals surface area contributed by atoms with Crippen molar-refractivity contribution in [2.45, 2.75) is 38.6 Å². The minimum atomic E-state index is -0.389. The fourth-order valence-electron chi connectivity index (χ4n) is 4.29. The number of hydrogen-bond donors (Lipinski definition) is 0. The Hall–Kier alpha value is -2.95. The Morgan fingerprint density at radius 2 is 1.64 bits per heavy atom. The molecule has 2 fully saturated rings.